The minimum absolute atomic E-state index is 0.244. The van der Waals surface area contributed by atoms with E-state index in [1.807, 2.05) is 0 Å². The second kappa shape index (κ2) is 5.36. The molecule has 0 spiro atoms. The molecule has 1 aliphatic heterocycles. The standard InChI is InChI=1S/C16H14FN3O/c17-13-3-1-2-11(8-13)16(21)20-7-6-19-10-12-9-14(18)4-5-15(12)20/h1-5,8-10H,6-7,18H2. The Morgan fingerprint density at radius 2 is 2.10 bits per heavy atom. The first-order valence-corrected chi connectivity index (χ1v) is 6.62. The molecule has 1 amide bonds. The van der Waals surface area contributed by atoms with Crippen molar-refractivity contribution >= 4 is 23.5 Å². The number of carbonyl (C=O) groups is 1. The molecule has 2 N–H and O–H groups in total. The van der Waals surface area contributed by atoms with Gasteiger partial charge in [0.25, 0.3) is 5.91 Å². The summed E-state index contributed by atoms with van der Waals surface area (Å²) in [7, 11) is 0. The first-order chi connectivity index (χ1) is 10.1. The Hall–Kier alpha value is -2.69. The molecule has 0 bridgehead atoms. The predicted octanol–water partition coefficient (Wildman–Crippen LogP) is 2.49. The van der Waals surface area contributed by atoms with Gasteiger partial charge in [0.05, 0.1) is 12.2 Å². The van der Waals surface area contributed by atoms with E-state index in [-0.39, 0.29) is 5.91 Å². The van der Waals surface area contributed by atoms with Gasteiger partial charge in [0, 0.05) is 29.6 Å². The van der Waals surface area contributed by atoms with Crippen LogP contribution in [0.15, 0.2) is 47.5 Å². The highest BCUT2D eigenvalue weighted by molar-refractivity contribution is 6.09. The minimum atomic E-state index is -0.426. The maximum atomic E-state index is 13.3. The van der Waals surface area contributed by atoms with Gasteiger partial charge in [-0.2, -0.15) is 0 Å². The van der Waals surface area contributed by atoms with Crippen molar-refractivity contribution in [3.63, 3.8) is 0 Å². The average Bonchev–Trinajstić information content (AvgIpc) is 2.68. The molecule has 21 heavy (non-hydrogen) atoms. The van der Waals surface area contributed by atoms with Crippen LogP contribution in [-0.4, -0.2) is 25.2 Å². The summed E-state index contributed by atoms with van der Waals surface area (Å²) in [6, 6.07) is 11.0. The molecule has 3 rings (SSSR count). The number of carbonyl (C=O) groups excluding carboxylic acids is 1. The van der Waals surface area contributed by atoms with E-state index in [0.717, 1.165) is 11.3 Å². The van der Waals surface area contributed by atoms with Crippen molar-refractivity contribution in [3.05, 3.63) is 59.4 Å². The summed E-state index contributed by atoms with van der Waals surface area (Å²) in [5.74, 6) is -0.671. The third kappa shape index (κ3) is 2.63. The molecule has 0 saturated heterocycles. The lowest BCUT2D eigenvalue weighted by molar-refractivity contribution is 0.0987. The zero-order valence-electron chi connectivity index (χ0n) is 11.3. The smallest absolute Gasteiger partial charge is 0.258 e. The Labute approximate surface area is 121 Å². The van der Waals surface area contributed by atoms with Crippen LogP contribution in [0.3, 0.4) is 0 Å². The van der Waals surface area contributed by atoms with E-state index >= 15 is 0 Å². The minimum Gasteiger partial charge on any atom is -0.399 e. The number of benzodiazepines with no additional fused rings is 1. The zero-order valence-corrected chi connectivity index (χ0v) is 11.3. The van der Waals surface area contributed by atoms with Crippen molar-refractivity contribution in [2.24, 2.45) is 4.99 Å². The molecule has 5 heteroatoms. The van der Waals surface area contributed by atoms with Crippen LogP contribution >= 0.6 is 0 Å². The molecule has 2 aromatic carbocycles. The normalized spacial score (nSPS) is 13.7. The topological polar surface area (TPSA) is 58.7 Å². The number of nitrogens with two attached hydrogens (primary N) is 1. The maximum Gasteiger partial charge on any atom is 0.258 e. The number of nitrogens with zero attached hydrogens (tertiary/aromatic N) is 2. The number of halogens is 1. The summed E-state index contributed by atoms with van der Waals surface area (Å²) < 4.78 is 13.3. The van der Waals surface area contributed by atoms with Crippen molar-refractivity contribution in [3.8, 4) is 0 Å². The molecule has 0 unspecified atom stereocenters. The quantitative estimate of drug-likeness (QED) is 0.817. The third-order valence-corrected chi connectivity index (χ3v) is 3.34. The molecular formula is C16H14FN3O. The third-order valence-electron chi connectivity index (χ3n) is 3.34. The van der Waals surface area contributed by atoms with Crippen molar-refractivity contribution in [2.75, 3.05) is 23.7 Å². The van der Waals surface area contributed by atoms with Gasteiger partial charge in [0.1, 0.15) is 5.82 Å². The van der Waals surface area contributed by atoms with Gasteiger partial charge in [-0.25, -0.2) is 4.39 Å². The summed E-state index contributed by atoms with van der Waals surface area (Å²) in [5.41, 5.74) is 8.23. The van der Waals surface area contributed by atoms with Crippen molar-refractivity contribution in [1.82, 2.24) is 0 Å². The second-order valence-electron chi connectivity index (χ2n) is 4.82. The number of hydrogen-bond acceptors (Lipinski definition) is 3. The van der Waals surface area contributed by atoms with E-state index in [1.54, 1.807) is 35.4 Å². The van der Waals surface area contributed by atoms with Gasteiger partial charge in [-0.1, -0.05) is 6.07 Å². The molecule has 4 nitrogen and oxygen atoms in total. The van der Waals surface area contributed by atoms with E-state index in [2.05, 4.69) is 4.99 Å². The van der Waals surface area contributed by atoms with E-state index in [9.17, 15) is 9.18 Å². The van der Waals surface area contributed by atoms with Gasteiger partial charge in [-0.15, -0.1) is 0 Å². The van der Waals surface area contributed by atoms with Crippen LogP contribution in [0.25, 0.3) is 0 Å². The molecule has 0 atom stereocenters. The van der Waals surface area contributed by atoms with Gasteiger partial charge in [0.15, 0.2) is 0 Å². The highest BCUT2D eigenvalue weighted by atomic mass is 19.1. The molecule has 106 valence electrons. The van der Waals surface area contributed by atoms with Gasteiger partial charge in [0.2, 0.25) is 0 Å². The Morgan fingerprint density at radius 1 is 1.24 bits per heavy atom. The fraction of sp³-hybridized carbons (Fsp3) is 0.125. The summed E-state index contributed by atoms with van der Waals surface area (Å²) in [6.07, 6.45) is 1.71. The Bertz CT molecular complexity index is 727. The summed E-state index contributed by atoms with van der Waals surface area (Å²) in [5, 5.41) is 0. The van der Waals surface area contributed by atoms with Crippen LogP contribution < -0.4 is 10.6 Å². The van der Waals surface area contributed by atoms with E-state index < -0.39 is 5.82 Å². The molecule has 0 radical (unpaired) electrons. The zero-order chi connectivity index (χ0) is 14.8. The average molecular weight is 283 g/mol. The Kier molecular flexibility index (Phi) is 3.39. The lowest BCUT2D eigenvalue weighted by Gasteiger charge is -2.22. The van der Waals surface area contributed by atoms with Crippen LogP contribution in [-0.2, 0) is 0 Å². The first-order valence-electron chi connectivity index (χ1n) is 6.62. The number of aliphatic imine (C=N–C) groups is 1. The van der Waals surface area contributed by atoms with Crippen LogP contribution in [0.1, 0.15) is 15.9 Å². The molecule has 1 aliphatic rings. The highest BCUT2D eigenvalue weighted by Gasteiger charge is 2.21. The highest BCUT2D eigenvalue weighted by Crippen LogP contribution is 2.25. The van der Waals surface area contributed by atoms with Gasteiger partial charge in [-0.05, 0) is 36.4 Å². The lowest BCUT2D eigenvalue weighted by atomic mass is 10.1. The van der Waals surface area contributed by atoms with Crippen molar-refractivity contribution < 1.29 is 9.18 Å². The number of rotatable bonds is 1. The van der Waals surface area contributed by atoms with Crippen LogP contribution in [0.5, 0.6) is 0 Å². The summed E-state index contributed by atoms with van der Waals surface area (Å²) >= 11 is 0. The number of nitrogen functional groups attached to an aromatic ring is 1. The van der Waals surface area contributed by atoms with E-state index in [1.165, 1.54) is 18.2 Å². The number of amides is 1. The van der Waals surface area contributed by atoms with Crippen LogP contribution in [0, 0.1) is 5.82 Å². The number of fused-ring (bicyclic) bond motifs is 1. The number of benzene rings is 2. The molecule has 0 saturated carbocycles. The lowest BCUT2D eigenvalue weighted by Crippen LogP contribution is -2.33. The summed E-state index contributed by atoms with van der Waals surface area (Å²) in [4.78, 5) is 18.5. The SMILES string of the molecule is Nc1ccc2c(c1)C=NCCN2C(=O)c1cccc(F)c1. The monoisotopic (exact) mass is 283 g/mol. The van der Waals surface area contributed by atoms with Crippen LogP contribution in [0.4, 0.5) is 15.8 Å². The predicted molar refractivity (Wildman–Crippen MR) is 81.4 cm³/mol. The second-order valence-corrected chi connectivity index (χ2v) is 4.82. The van der Waals surface area contributed by atoms with Gasteiger partial charge < -0.3 is 10.6 Å². The van der Waals surface area contributed by atoms with E-state index in [4.69, 9.17) is 5.73 Å². The molecule has 2 aromatic rings. The van der Waals surface area contributed by atoms with Gasteiger partial charge in [-0.3, -0.25) is 9.79 Å². The van der Waals surface area contributed by atoms with Crippen LogP contribution in [0.2, 0.25) is 0 Å². The Morgan fingerprint density at radius 3 is 2.90 bits per heavy atom. The number of hydrogen-bond donors (Lipinski definition) is 1. The summed E-state index contributed by atoms with van der Waals surface area (Å²) in [6.45, 7) is 0.943. The molecule has 0 aliphatic carbocycles. The maximum absolute atomic E-state index is 13.3. The first kappa shape index (κ1) is 13.3. The number of anilines is 2. The van der Waals surface area contributed by atoms with Gasteiger partial charge >= 0.3 is 0 Å². The van der Waals surface area contributed by atoms with Crippen molar-refractivity contribution in [2.45, 2.75) is 0 Å². The Balaban J connectivity index is 2.02. The molecule has 1 heterocycles. The molecular weight excluding hydrogens is 269 g/mol. The van der Waals surface area contributed by atoms with E-state index in [0.29, 0.717) is 24.3 Å². The molecule has 0 fully saturated rings. The molecule has 0 aromatic heterocycles. The van der Waals surface area contributed by atoms with Crippen molar-refractivity contribution in [1.29, 1.82) is 0 Å². The fourth-order valence-corrected chi connectivity index (χ4v) is 2.35. The largest absolute Gasteiger partial charge is 0.399 e. The fourth-order valence-electron chi connectivity index (χ4n) is 2.35.